The van der Waals surface area contributed by atoms with Gasteiger partial charge in [-0.2, -0.15) is 0 Å². The Morgan fingerprint density at radius 2 is 2.00 bits per heavy atom. The average molecular weight is 344 g/mol. The Bertz CT molecular complexity index is 422. The molecule has 1 unspecified atom stereocenters. The third kappa shape index (κ3) is 4.04. The minimum atomic E-state index is -2.82. The fourth-order valence-corrected chi connectivity index (χ4v) is 2.20. The highest BCUT2D eigenvalue weighted by atomic mass is 35.5. The number of rotatable bonds is 6. The van der Waals surface area contributed by atoms with E-state index in [9.17, 15) is 30.0 Å². The van der Waals surface area contributed by atoms with Crippen molar-refractivity contribution in [1.82, 2.24) is 5.32 Å². The van der Waals surface area contributed by atoms with Crippen molar-refractivity contribution < 1.29 is 45.0 Å². The van der Waals surface area contributed by atoms with E-state index in [-0.39, 0.29) is 0 Å². The van der Waals surface area contributed by atoms with Crippen molar-refractivity contribution in [3.63, 3.8) is 0 Å². The molecule has 128 valence electrons. The Kier molecular flexibility index (Phi) is 6.50. The Morgan fingerprint density at radius 3 is 2.45 bits per heavy atom. The standard InChI is InChI=1S/C11H18ClNO9/c12-2-6(17)13-7-4(15)1-11(21,10(19)20)22-9(7)8(18)5(16)3-14/h4-5,7-9,14-16,18,21H,1-3H2,(H,13,17)(H,19,20)/t4-,5+,7+,8-,9?,11-/m0/s1. The summed E-state index contributed by atoms with van der Waals surface area (Å²) in [5.74, 6) is -5.85. The topological polar surface area (TPSA) is 177 Å². The van der Waals surface area contributed by atoms with Crippen molar-refractivity contribution in [2.75, 3.05) is 12.5 Å². The van der Waals surface area contributed by atoms with Gasteiger partial charge in [0.05, 0.1) is 18.8 Å². The minimum Gasteiger partial charge on any atom is -0.477 e. The molecule has 10 nitrogen and oxygen atoms in total. The van der Waals surface area contributed by atoms with Crippen LogP contribution in [0.3, 0.4) is 0 Å². The SMILES string of the molecule is O=C(CCl)N[C@H]1C([C@@H](O)[C@H](O)CO)O[C@](O)(C(=O)O)C[C@@H]1O. The molecule has 1 amide bonds. The molecule has 6 atom stereocenters. The van der Waals surface area contributed by atoms with E-state index in [2.05, 4.69) is 5.32 Å². The first-order valence-electron chi connectivity index (χ1n) is 6.30. The van der Waals surface area contributed by atoms with Crippen LogP contribution in [0.25, 0.3) is 0 Å². The van der Waals surface area contributed by atoms with Crippen LogP contribution in [0.1, 0.15) is 6.42 Å². The van der Waals surface area contributed by atoms with Crippen LogP contribution in [0.2, 0.25) is 0 Å². The van der Waals surface area contributed by atoms with Gasteiger partial charge < -0.3 is 40.7 Å². The number of amides is 1. The number of nitrogens with one attached hydrogen (secondary N) is 1. The van der Waals surface area contributed by atoms with Crippen LogP contribution in [-0.2, 0) is 14.3 Å². The normalized spacial score (nSPS) is 34.7. The molecule has 1 aliphatic heterocycles. The summed E-state index contributed by atoms with van der Waals surface area (Å²) in [7, 11) is 0. The molecular weight excluding hydrogens is 326 g/mol. The van der Waals surface area contributed by atoms with Crippen molar-refractivity contribution in [2.24, 2.45) is 0 Å². The second-order valence-corrected chi connectivity index (χ2v) is 5.18. The summed E-state index contributed by atoms with van der Waals surface area (Å²) in [5, 5.41) is 59.1. The van der Waals surface area contributed by atoms with E-state index >= 15 is 0 Å². The van der Waals surface area contributed by atoms with Crippen LogP contribution in [0.4, 0.5) is 0 Å². The molecular formula is C11H18ClNO9. The van der Waals surface area contributed by atoms with Crippen LogP contribution < -0.4 is 5.32 Å². The van der Waals surface area contributed by atoms with Crippen LogP contribution in [0.5, 0.6) is 0 Å². The highest BCUT2D eigenvalue weighted by Gasteiger charge is 2.53. The number of hydrogen-bond donors (Lipinski definition) is 7. The summed E-state index contributed by atoms with van der Waals surface area (Å²) in [6, 6.07) is -1.35. The van der Waals surface area contributed by atoms with E-state index in [1.165, 1.54) is 0 Å². The number of carboxylic acids is 1. The Hall–Kier alpha value is -1.01. The monoisotopic (exact) mass is 343 g/mol. The van der Waals surface area contributed by atoms with Crippen LogP contribution >= 0.6 is 11.6 Å². The largest absolute Gasteiger partial charge is 0.477 e. The molecule has 0 aromatic heterocycles. The van der Waals surface area contributed by atoms with E-state index in [1.807, 2.05) is 0 Å². The van der Waals surface area contributed by atoms with Crippen molar-refractivity contribution in [1.29, 1.82) is 0 Å². The molecule has 7 N–H and O–H groups in total. The summed E-state index contributed by atoms with van der Waals surface area (Å²) in [4.78, 5) is 22.4. The highest BCUT2D eigenvalue weighted by molar-refractivity contribution is 6.27. The van der Waals surface area contributed by atoms with E-state index in [0.29, 0.717) is 0 Å². The summed E-state index contributed by atoms with van der Waals surface area (Å²) in [6.45, 7) is -0.890. The van der Waals surface area contributed by atoms with Crippen LogP contribution in [0.15, 0.2) is 0 Å². The van der Waals surface area contributed by atoms with Gasteiger partial charge in [-0.3, -0.25) is 4.79 Å². The lowest BCUT2D eigenvalue weighted by Gasteiger charge is -2.44. The second kappa shape index (κ2) is 7.51. The zero-order valence-corrected chi connectivity index (χ0v) is 12.0. The quantitative estimate of drug-likeness (QED) is 0.239. The number of ether oxygens (including phenoxy) is 1. The number of carboxylic acid groups (broad SMARTS) is 1. The van der Waals surface area contributed by atoms with Crippen LogP contribution in [-0.4, -0.2) is 91.2 Å². The average Bonchev–Trinajstić information content (AvgIpc) is 2.47. The smallest absolute Gasteiger partial charge is 0.364 e. The predicted octanol–water partition coefficient (Wildman–Crippen LogP) is -3.65. The fraction of sp³-hybridized carbons (Fsp3) is 0.818. The Morgan fingerprint density at radius 1 is 1.41 bits per heavy atom. The molecule has 1 fully saturated rings. The van der Waals surface area contributed by atoms with E-state index in [1.54, 1.807) is 0 Å². The number of carbonyl (C=O) groups is 2. The van der Waals surface area contributed by atoms with E-state index in [4.69, 9.17) is 26.6 Å². The van der Waals surface area contributed by atoms with Gasteiger partial charge in [-0.25, -0.2) is 4.79 Å². The number of aliphatic hydroxyl groups excluding tert-OH is 4. The lowest BCUT2D eigenvalue weighted by Crippen LogP contribution is -2.67. The minimum absolute atomic E-state index is 0.474. The number of carbonyl (C=O) groups excluding carboxylic acids is 1. The molecule has 0 aliphatic carbocycles. The molecule has 1 saturated heterocycles. The molecule has 22 heavy (non-hydrogen) atoms. The molecule has 0 bridgehead atoms. The van der Waals surface area contributed by atoms with E-state index in [0.717, 1.165) is 0 Å². The third-order valence-corrected chi connectivity index (χ3v) is 3.53. The zero-order chi connectivity index (χ0) is 17.1. The summed E-state index contributed by atoms with van der Waals surface area (Å²) in [5.41, 5.74) is 0. The molecule has 1 aliphatic rings. The van der Waals surface area contributed by atoms with Gasteiger partial charge in [0.15, 0.2) is 0 Å². The predicted molar refractivity (Wildman–Crippen MR) is 69.8 cm³/mol. The first-order valence-corrected chi connectivity index (χ1v) is 6.83. The molecule has 0 radical (unpaired) electrons. The first kappa shape index (κ1) is 19.0. The van der Waals surface area contributed by atoms with Gasteiger partial charge in [0, 0.05) is 6.42 Å². The van der Waals surface area contributed by atoms with Gasteiger partial charge in [0.1, 0.15) is 24.2 Å². The number of halogens is 1. The second-order valence-electron chi connectivity index (χ2n) is 4.91. The van der Waals surface area contributed by atoms with Crippen LogP contribution in [0, 0.1) is 0 Å². The maximum absolute atomic E-state index is 11.3. The molecule has 0 saturated carbocycles. The van der Waals surface area contributed by atoms with Gasteiger partial charge in [0.2, 0.25) is 5.91 Å². The summed E-state index contributed by atoms with van der Waals surface area (Å²) in [6.07, 6.45) is -7.71. The molecule has 1 rings (SSSR count). The number of aliphatic hydroxyl groups is 5. The van der Waals surface area contributed by atoms with Gasteiger partial charge in [-0.15, -0.1) is 11.6 Å². The Labute approximate surface area is 129 Å². The molecule has 1 heterocycles. The molecule has 0 spiro atoms. The number of hydrogen-bond acceptors (Lipinski definition) is 8. The zero-order valence-electron chi connectivity index (χ0n) is 11.3. The number of alkyl halides is 1. The van der Waals surface area contributed by atoms with Crippen molar-refractivity contribution in [3.05, 3.63) is 0 Å². The molecule has 0 aromatic rings. The summed E-state index contributed by atoms with van der Waals surface area (Å²) >= 11 is 5.31. The maximum Gasteiger partial charge on any atom is 0.364 e. The molecule has 0 aromatic carbocycles. The lowest BCUT2D eigenvalue weighted by atomic mass is 9.88. The third-order valence-electron chi connectivity index (χ3n) is 3.29. The Balaban J connectivity index is 3.07. The lowest BCUT2D eigenvalue weighted by molar-refractivity contribution is -0.295. The first-order chi connectivity index (χ1) is 10.2. The van der Waals surface area contributed by atoms with Gasteiger partial charge in [-0.1, -0.05) is 0 Å². The maximum atomic E-state index is 11.3. The van der Waals surface area contributed by atoms with Crippen molar-refractivity contribution >= 4 is 23.5 Å². The fourth-order valence-electron chi connectivity index (χ4n) is 2.13. The van der Waals surface area contributed by atoms with E-state index < -0.39 is 67.0 Å². The highest BCUT2D eigenvalue weighted by Crippen LogP contribution is 2.30. The number of aliphatic carboxylic acids is 1. The van der Waals surface area contributed by atoms with Gasteiger partial charge in [0.25, 0.3) is 5.79 Å². The van der Waals surface area contributed by atoms with Crippen molar-refractivity contribution in [2.45, 2.75) is 42.7 Å². The summed E-state index contributed by atoms with van der Waals surface area (Å²) < 4.78 is 4.87. The van der Waals surface area contributed by atoms with Gasteiger partial charge >= 0.3 is 5.97 Å². The van der Waals surface area contributed by atoms with Crippen molar-refractivity contribution in [3.8, 4) is 0 Å². The van der Waals surface area contributed by atoms with Gasteiger partial charge in [-0.05, 0) is 0 Å². The molecule has 11 heteroatoms.